The van der Waals surface area contributed by atoms with Crippen LogP contribution in [0.5, 0.6) is 0 Å². The normalized spacial score (nSPS) is 17.8. The maximum atomic E-state index is 13.0. The van der Waals surface area contributed by atoms with Crippen LogP contribution in [0, 0.1) is 12.3 Å². The second kappa shape index (κ2) is 6.14. The number of benzene rings is 1. The van der Waals surface area contributed by atoms with Crippen molar-refractivity contribution in [3.8, 4) is 23.6 Å². The van der Waals surface area contributed by atoms with E-state index in [-0.39, 0.29) is 11.0 Å². The molecule has 1 N–H and O–H groups in total. The Labute approximate surface area is 146 Å². The Balaban J connectivity index is 1.93. The molecule has 1 spiro atoms. The molecule has 0 saturated heterocycles. The summed E-state index contributed by atoms with van der Waals surface area (Å²) in [6, 6.07) is 8.39. The number of rotatable bonds is 2. The van der Waals surface area contributed by atoms with Crippen LogP contribution in [0.2, 0.25) is 0 Å². The van der Waals surface area contributed by atoms with Gasteiger partial charge < -0.3 is 4.98 Å². The summed E-state index contributed by atoms with van der Waals surface area (Å²) in [5.74, 6) is 3.10. The first-order valence-electron chi connectivity index (χ1n) is 8.53. The van der Waals surface area contributed by atoms with Crippen molar-refractivity contribution in [2.24, 2.45) is 0 Å². The van der Waals surface area contributed by atoms with Crippen LogP contribution in [-0.4, -0.2) is 15.7 Å². The molecule has 1 aromatic carbocycles. The smallest absolute Gasteiger partial charge is 0.255 e. The second-order valence-electron chi connectivity index (χ2n) is 6.76. The van der Waals surface area contributed by atoms with E-state index >= 15 is 0 Å². The Morgan fingerprint density at radius 2 is 2.04 bits per heavy atom. The monoisotopic (exact) mass is 336 g/mol. The molecule has 4 rings (SSSR count). The highest BCUT2D eigenvalue weighted by atomic mass is 32.2. The molecule has 2 aliphatic rings. The quantitative estimate of drug-likeness (QED) is 0.514. The Morgan fingerprint density at radius 1 is 1.25 bits per heavy atom. The van der Waals surface area contributed by atoms with Crippen LogP contribution < -0.4 is 5.56 Å². The highest BCUT2D eigenvalue weighted by molar-refractivity contribution is 7.99. The molecular formula is C20H20N2OS. The maximum absolute atomic E-state index is 13.0. The number of hydrogen-bond donors (Lipinski definition) is 1. The van der Waals surface area contributed by atoms with E-state index in [0.29, 0.717) is 10.9 Å². The van der Waals surface area contributed by atoms with Crippen LogP contribution in [0.1, 0.15) is 43.2 Å². The van der Waals surface area contributed by atoms with Crippen LogP contribution in [0.3, 0.4) is 0 Å². The number of thioether (sulfide) groups is 1. The Kier molecular flexibility index (Phi) is 3.97. The van der Waals surface area contributed by atoms with Crippen LogP contribution in [0.25, 0.3) is 11.3 Å². The van der Waals surface area contributed by atoms with E-state index in [0.717, 1.165) is 36.1 Å². The van der Waals surface area contributed by atoms with E-state index in [1.165, 1.54) is 36.6 Å². The average molecular weight is 336 g/mol. The minimum absolute atomic E-state index is 0.0240. The van der Waals surface area contributed by atoms with Gasteiger partial charge in [0.25, 0.3) is 5.56 Å². The fourth-order valence-corrected chi connectivity index (χ4v) is 4.87. The van der Waals surface area contributed by atoms with Gasteiger partial charge in [-0.25, -0.2) is 4.98 Å². The van der Waals surface area contributed by atoms with Gasteiger partial charge in [-0.3, -0.25) is 4.79 Å². The lowest BCUT2D eigenvalue weighted by atomic mass is 9.62. The van der Waals surface area contributed by atoms with Crippen molar-refractivity contribution >= 4 is 11.8 Å². The molecule has 1 heterocycles. The summed E-state index contributed by atoms with van der Waals surface area (Å²) >= 11 is 1.41. The third-order valence-electron chi connectivity index (χ3n) is 5.33. The molecule has 4 heteroatoms. The van der Waals surface area contributed by atoms with Gasteiger partial charge in [0, 0.05) is 11.0 Å². The fourth-order valence-electron chi connectivity index (χ4n) is 4.33. The van der Waals surface area contributed by atoms with Crippen molar-refractivity contribution in [2.75, 3.05) is 5.75 Å². The topological polar surface area (TPSA) is 45.8 Å². The van der Waals surface area contributed by atoms with Crippen LogP contribution in [0.4, 0.5) is 0 Å². The summed E-state index contributed by atoms with van der Waals surface area (Å²) in [5, 5.41) is 0.624. The van der Waals surface area contributed by atoms with Gasteiger partial charge in [-0.2, -0.15) is 0 Å². The van der Waals surface area contributed by atoms with E-state index in [1.807, 2.05) is 6.07 Å². The number of nitrogens with zero attached hydrogens (tertiary/aromatic N) is 1. The molecule has 1 aromatic heterocycles. The molecule has 2 aliphatic carbocycles. The Bertz CT molecular complexity index is 872. The van der Waals surface area contributed by atoms with Crippen molar-refractivity contribution in [3.05, 3.63) is 45.7 Å². The number of terminal acetylenes is 1. The molecule has 1 fully saturated rings. The van der Waals surface area contributed by atoms with Gasteiger partial charge in [-0.15, -0.1) is 6.42 Å². The first-order chi connectivity index (χ1) is 11.7. The Morgan fingerprint density at radius 3 is 2.83 bits per heavy atom. The second-order valence-corrected chi connectivity index (χ2v) is 7.73. The first-order valence-corrected chi connectivity index (χ1v) is 9.51. The minimum atomic E-state index is -0.0438. The van der Waals surface area contributed by atoms with E-state index in [9.17, 15) is 4.79 Å². The largest absolute Gasteiger partial charge is 0.301 e. The number of aromatic nitrogens is 2. The number of H-pyrrole nitrogens is 1. The van der Waals surface area contributed by atoms with Crippen LogP contribution >= 0.6 is 11.8 Å². The number of nitrogens with one attached hydrogen (secondary N) is 1. The van der Waals surface area contributed by atoms with Gasteiger partial charge in [0.15, 0.2) is 5.16 Å². The van der Waals surface area contributed by atoms with E-state index < -0.39 is 0 Å². The van der Waals surface area contributed by atoms with Crippen molar-refractivity contribution in [3.63, 3.8) is 0 Å². The summed E-state index contributed by atoms with van der Waals surface area (Å²) < 4.78 is 0. The van der Waals surface area contributed by atoms with E-state index in [1.54, 1.807) is 0 Å². The molecule has 0 bridgehead atoms. The summed E-state index contributed by atoms with van der Waals surface area (Å²) in [5.41, 5.74) is 4.19. The lowest BCUT2D eigenvalue weighted by Gasteiger charge is -2.41. The van der Waals surface area contributed by atoms with Gasteiger partial charge in [0.2, 0.25) is 0 Å². The Hall–Kier alpha value is -1.99. The first kappa shape index (κ1) is 15.5. The lowest BCUT2D eigenvalue weighted by Crippen LogP contribution is -2.40. The van der Waals surface area contributed by atoms with E-state index in [2.05, 4.69) is 29.1 Å². The molecule has 122 valence electrons. The van der Waals surface area contributed by atoms with Crippen molar-refractivity contribution in [1.29, 1.82) is 0 Å². The van der Waals surface area contributed by atoms with Crippen LogP contribution in [-0.2, 0) is 11.8 Å². The minimum Gasteiger partial charge on any atom is -0.301 e. The van der Waals surface area contributed by atoms with Crippen molar-refractivity contribution < 1.29 is 0 Å². The van der Waals surface area contributed by atoms with E-state index in [4.69, 9.17) is 11.4 Å². The molecular weight excluding hydrogens is 316 g/mol. The maximum Gasteiger partial charge on any atom is 0.255 e. The van der Waals surface area contributed by atoms with Crippen LogP contribution in [0.15, 0.2) is 34.2 Å². The number of aromatic amines is 1. The molecule has 1 saturated carbocycles. The average Bonchev–Trinajstić information content (AvgIpc) is 2.60. The standard InChI is InChI=1S/C20H20N2OS/c1-2-12-24-19-21-17-15-9-5-4-8-14(15)13-20(10-6-3-7-11-20)16(17)18(23)22-19/h1,4-5,8-9H,3,6-7,10-13H2,(H,21,22,23). The highest BCUT2D eigenvalue weighted by Crippen LogP contribution is 2.48. The zero-order chi connectivity index (χ0) is 16.6. The van der Waals surface area contributed by atoms with Gasteiger partial charge in [-0.1, -0.05) is 61.2 Å². The SMILES string of the molecule is C#CCSc1nc2c(c(=O)[nH]1)C1(CCCCC1)Cc1ccccc1-2. The molecule has 0 atom stereocenters. The van der Waals surface area contributed by atoms with Gasteiger partial charge in [0.05, 0.1) is 17.0 Å². The van der Waals surface area contributed by atoms with Crippen molar-refractivity contribution in [2.45, 2.75) is 49.1 Å². The third kappa shape index (κ3) is 2.48. The molecule has 2 aromatic rings. The fraction of sp³-hybridized carbons (Fsp3) is 0.400. The van der Waals surface area contributed by atoms with Gasteiger partial charge in [-0.05, 0) is 24.8 Å². The summed E-state index contributed by atoms with van der Waals surface area (Å²) in [7, 11) is 0. The molecule has 0 unspecified atom stereocenters. The van der Waals surface area contributed by atoms with Gasteiger partial charge >= 0.3 is 0 Å². The molecule has 0 radical (unpaired) electrons. The van der Waals surface area contributed by atoms with Crippen molar-refractivity contribution in [1.82, 2.24) is 9.97 Å². The summed E-state index contributed by atoms with van der Waals surface area (Å²) in [4.78, 5) is 20.8. The number of fused-ring (bicyclic) bond motifs is 4. The molecule has 0 amide bonds. The lowest BCUT2D eigenvalue weighted by molar-refractivity contribution is 0.284. The van der Waals surface area contributed by atoms with Gasteiger partial charge in [0.1, 0.15) is 0 Å². The predicted molar refractivity (Wildman–Crippen MR) is 98.3 cm³/mol. The zero-order valence-electron chi connectivity index (χ0n) is 13.6. The summed E-state index contributed by atoms with van der Waals surface area (Å²) in [6.45, 7) is 0. The molecule has 24 heavy (non-hydrogen) atoms. The third-order valence-corrected chi connectivity index (χ3v) is 6.11. The predicted octanol–water partition coefficient (Wildman–Crippen LogP) is 3.92. The molecule has 0 aliphatic heterocycles. The molecule has 3 nitrogen and oxygen atoms in total. The summed E-state index contributed by atoms with van der Waals surface area (Å²) in [6.07, 6.45) is 12.1. The zero-order valence-corrected chi connectivity index (χ0v) is 14.4. The number of hydrogen-bond acceptors (Lipinski definition) is 3. The highest BCUT2D eigenvalue weighted by Gasteiger charge is 2.42.